The molecule has 0 aromatic rings. The zero-order valence-corrected chi connectivity index (χ0v) is 16.3. The van der Waals surface area contributed by atoms with Crippen LogP contribution in [0.25, 0.3) is 0 Å². The average molecular weight is 541 g/mol. The van der Waals surface area contributed by atoms with E-state index in [-0.39, 0.29) is 106 Å². The van der Waals surface area contributed by atoms with Gasteiger partial charge in [0.25, 0.3) is 0 Å². The summed E-state index contributed by atoms with van der Waals surface area (Å²) < 4.78 is 14.3. The van der Waals surface area contributed by atoms with Crippen LogP contribution in [0.1, 0.15) is 148 Å². The summed E-state index contributed by atoms with van der Waals surface area (Å²) in [6.07, 6.45) is 4.29. The number of carbonyl (C=O) groups excluding carboxylic acids is 3. The number of ketones is 3. The first-order chi connectivity index (χ1) is 11.3. The van der Waals surface area contributed by atoms with Crippen LogP contribution in [0.2, 0.25) is 0 Å². The molecular weight excluding hydrogens is 456 g/mol. The van der Waals surface area contributed by atoms with Crippen LogP contribution in [0.5, 0.6) is 0 Å². The van der Waals surface area contributed by atoms with Crippen molar-refractivity contribution in [2.45, 2.75) is 148 Å². The monoisotopic (exact) mass is 541 g/mol. The summed E-state index contributed by atoms with van der Waals surface area (Å²) in [6.45, 7) is 6.97. The minimum Gasteiger partial charge on any atom is -0.385 e. The van der Waals surface area contributed by atoms with E-state index in [0.717, 1.165) is 26.1 Å². The molecule has 0 aliphatic rings. The molecule has 36 heavy (non-hydrogen) atoms. The van der Waals surface area contributed by atoms with Crippen molar-refractivity contribution in [3.05, 3.63) is 0 Å². The Morgan fingerprint density at radius 1 is 0.389 bits per heavy atom. The molecule has 0 fully saturated rings. The summed E-state index contributed by atoms with van der Waals surface area (Å²) in [5.74, 6) is 0.564. The maximum absolute atomic E-state index is 10.3. The summed E-state index contributed by atoms with van der Waals surface area (Å²) in [4.78, 5) is 30.9. The molecule has 0 aliphatic heterocycles. The van der Waals surface area contributed by atoms with Crippen LogP contribution in [0.3, 0.4) is 0 Å². The van der Waals surface area contributed by atoms with Crippen LogP contribution in [-0.2, 0) is 28.6 Å². The van der Waals surface area contributed by atoms with Crippen molar-refractivity contribution in [2.24, 2.45) is 0 Å². The summed E-state index contributed by atoms with van der Waals surface area (Å²) in [6, 6.07) is 0. The van der Waals surface area contributed by atoms with Crippen molar-refractivity contribution >= 4 is 17.3 Å². The molecule has 0 radical (unpaired) electrons. The molecule has 0 atom stereocenters. The predicted molar refractivity (Wildman–Crippen MR) is 176 cm³/mol. The molecule has 6 nitrogen and oxygen atoms in total. The van der Waals surface area contributed by atoms with E-state index >= 15 is 0 Å². The molecule has 0 aromatic heterocycles. The van der Waals surface area contributed by atoms with Crippen LogP contribution >= 0.6 is 0 Å². The van der Waals surface area contributed by atoms with Crippen LogP contribution in [-0.4, -0.2) is 58.5 Å². The van der Waals surface area contributed by atoms with Gasteiger partial charge in [-0.05, 0) is 40.0 Å². The molecule has 0 aliphatic carbocycles. The molecule has 0 saturated carbocycles. The summed E-state index contributed by atoms with van der Waals surface area (Å²) in [5.41, 5.74) is 0. The lowest BCUT2D eigenvalue weighted by Crippen LogP contribution is -1.94. The summed E-state index contributed by atoms with van der Waals surface area (Å²) in [7, 11) is 5.02. The molecule has 0 heterocycles. The molecule has 0 unspecified atom stereocenters. The van der Waals surface area contributed by atoms with Gasteiger partial charge in [0.15, 0.2) is 0 Å². The van der Waals surface area contributed by atoms with E-state index in [2.05, 4.69) is 0 Å². The molecule has 0 saturated heterocycles. The Labute approximate surface area is 235 Å². The van der Waals surface area contributed by atoms with E-state index in [4.69, 9.17) is 14.2 Å². The highest BCUT2D eigenvalue weighted by Gasteiger charge is 1.95. The number of methoxy groups -OCH3 is 3. The second-order valence-electron chi connectivity index (χ2n) is 5.40. The second kappa shape index (κ2) is 92.7. The fourth-order valence-corrected chi connectivity index (χ4v) is 1.40. The topological polar surface area (TPSA) is 78.9 Å². The van der Waals surface area contributed by atoms with Crippen molar-refractivity contribution in [1.82, 2.24) is 0 Å². The van der Waals surface area contributed by atoms with Gasteiger partial charge in [0.1, 0.15) is 17.3 Å². The van der Waals surface area contributed by atoms with E-state index in [9.17, 15) is 14.4 Å². The normalized spacial score (nSPS) is 6.17. The molecular formula is C30H84O6. The number of Topliss-reactive ketones (excluding diaryl/α,β-unsaturated/α-hetero) is 3. The maximum atomic E-state index is 10.3. The fourth-order valence-electron chi connectivity index (χ4n) is 1.40. The SMILES string of the molecule is C.C.C.C.C.C.C.C.C.C.C.C.CC(=O)CCCC(C)=O.COCCCC(C)=O.COCCCOC. The average Bonchev–Trinajstić information content (AvgIpc) is 2.48. The lowest BCUT2D eigenvalue weighted by atomic mass is 10.1. The largest absolute Gasteiger partial charge is 0.385 e. The fraction of sp³-hybridized carbons (Fsp3) is 0.900. The Bertz CT molecular complexity index is 288. The number of hydrogen-bond donors (Lipinski definition) is 0. The molecule has 0 spiro atoms. The van der Waals surface area contributed by atoms with Gasteiger partial charge >= 0.3 is 0 Å². The van der Waals surface area contributed by atoms with Crippen molar-refractivity contribution in [3.8, 4) is 0 Å². The molecule has 6 heteroatoms. The van der Waals surface area contributed by atoms with E-state index in [1.54, 1.807) is 42.1 Å². The Morgan fingerprint density at radius 3 is 0.778 bits per heavy atom. The number of hydrogen-bond acceptors (Lipinski definition) is 6. The third kappa shape index (κ3) is 173. The first-order valence-corrected chi connectivity index (χ1v) is 8.26. The zero-order valence-electron chi connectivity index (χ0n) is 16.3. The quantitative estimate of drug-likeness (QED) is 0.229. The Hall–Kier alpha value is -1.11. The maximum Gasteiger partial charge on any atom is 0.129 e. The first kappa shape index (κ1) is 101. The van der Waals surface area contributed by atoms with Gasteiger partial charge < -0.3 is 28.6 Å². The van der Waals surface area contributed by atoms with Crippen LogP contribution in [0.4, 0.5) is 0 Å². The molecule has 0 aromatic carbocycles. The van der Waals surface area contributed by atoms with Crippen LogP contribution in [0.15, 0.2) is 0 Å². The van der Waals surface area contributed by atoms with Gasteiger partial charge in [0.2, 0.25) is 0 Å². The van der Waals surface area contributed by atoms with Crippen LogP contribution < -0.4 is 0 Å². The highest BCUT2D eigenvalue weighted by Crippen LogP contribution is 1.95. The van der Waals surface area contributed by atoms with Crippen molar-refractivity contribution in [1.29, 1.82) is 0 Å². The van der Waals surface area contributed by atoms with Crippen molar-refractivity contribution in [3.63, 3.8) is 0 Å². The lowest BCUT2D eigenvalue weighted by Gasteiger charge is -1.94. The number of carbonyl (C=O) groups is 3. The Balaban J connectivity index is -0.0000000122. The highest BCUT2D eigenvalue weighted by atomic mass is 16.5. The lowest BCUT2D eigenvalue weighted by molar-refractivity contribution is -0.119. The van der Waals surface area contributed by atoms with Crippen molar-refractivity contribution in [2.75, 3.05) is 41.2 Å². The Morgan fingerprint density at radius 2 is 0.583 bits per heavy atom. The van der Waals surface area contributed by atoms with Gasteiger partial charge in [0.05, 0.1) is 0 Å². The zero-order chi connectivity index (χ0) is 19.2. The minimum absolute atomic E-state index is 0. The van der Waals surface area contributed by atoms with Gasteiger partial charge in [-0.25, -0.2) is 0 Å². The predicted octanol–water partition coefficient (Wildman–Crippen LogP) is 10.6. The molecule has 0 rings (SSSR count). The summed E-state index contributed by atoms with van der Waals surface area (Å²) >= 11 is 0. The molecule has 0 bridgehead atoms. The number of rotatable bonds is 12. The smallest absolute Gasteiger partial charge is 0.129 e. The van der Waals surface area contributed by atoms with E-state index in [0.29, 0.717) is 32.3 Å². The van der Waals surface area contributed by atoms with Gasteiger partial charge in [-0.3, -0.25) is 0 Å². The van der Waals surface area contributed by atoms with E-state index in [1.807, 2.05) is 0 Å². The van der Waals surface area contributed by atoms with E-state index < -0.39 is 0 Å². The molecule has 0 N–H and O–H groups in total. The van der Waals surface area contributed by atoms with Crippen molar-refractivity contribution < 1.29 is 28.6 Å². The first-order valence-electron chi connectivity index (χ1n) is 8.26. The van der Waals surface area contributed by atoms with Gasteiger partial charge in [-0.2, -0.15) is 0 Å². The Kier molecular flexibility index (Phi) is 261. The van der Waals surface area contributed by atoms with E-state index in [1.165, 1.54) is 0 Å². The minimum atomic E-state index is 0. The third-order valence-electron chi connectivity index (χ3n) is 2.63. The standard InChI is InChI=1S/C7H12O2.C6H12O2.C5H12O2.12CH4/c1-6(8)4-3-5-7(2)9;1-6(7)4-3-5-8-2;1-6-4-3-5-7-2;;;;;;;;;;;;/h3-5H2,1-2H3;3-5H2,1-2H3;3-5H2,1-2H3;12*1H4. The molecule has 240 valence electrons. The third-order valence-corrected chi connectivity index (χ3v) is 2.63. The van der Waals surface area contributed by atoms with Gasteiger partial charge in [-0.15, -0.1) is 0 Å². The molecule has 0 amide bonds. The summed E-state index contributed by atoms with van der Waals surface area (Å²) in [5, 5.41) is 0. The van der Waals surface area contributed by atoms with Crippen LogP contribution in [0, 0.1) is 0 Å². The van der Waals surface area contributed by atoms with Gasteiger partial charge in [0, 0.05) is 60.4 Å². The highest BCUT2D eigenvalue weighted by molar-refractivity contribution is 5.78. The number of ether oxygens (including phenoxy) is 3. The van der Waals surface area contributed by atoms with Gasteiger partial charge in [-0.1, -0.05) is 89.1 Å². The second-order valence-corrected chi connectivity index (χ2v) is 5.40.